The first-order valence-corrected chi connectivity index (χ1v) is 9.08. The zero-order valence-electron chi connectivity index (χ0n) is 14.8. The molecule has 1 fully saturated rings. The van der Waals surface area contributed by atoms with Crippen LogP contribution in [0.25, 0.3) is 16.7 Å². The van der Waals surface area contributed by atoms with Crippen LogP contribution in [0.5, 0.6) is 0 Å². The quantitative estimate of drug-likeness (QED) is 0.668. The van der Waals surface area contributed by atoms with Gasteiger partial charge in [-0.15, -0.1) is 0 Å². The molecule has 1 saturated heterocycles. The molecule has 0 aromatic heterocycles. The highest BCUT2D eigenvalue weighted by Crippen LogP contribution is 2.25. The first-order chi connectivity index (χ1) is 12.1. The summed E-state index contributed by atoms with van der Waals surface area (Å²) in [6.45, 7) is 5.48. The standard InChI is InChI=1S/C22H25F2N/c1-17(12-15-25-13-4-2-3-5-14-25)18-6-8-19(9-7-18)21-11-10-20(23)16-22(21)24/h6-12,16H,2-5,13-15H2,1H3. The van der Waals surface area contributed by atoms with Gasteiger partial charge in [-0.05, 0) is 61.7 Å². The van der Waals surface area contributed by atoms with Crippen molar-refractivity contribution in [3.8, 4) is 11.1 Å². The summed E-state index contributed by atoms with van der Waals surface area (Å²) in [6, 6.07) is 11.5. The van der Waals surface area contributed by atoms with Crippen LogP contribution in [0.3, 0.4) is 0 Å². The lowest BCUT2D eigenvalue weighted by atomic mass is 10.0. The van der Waals surface area contributed by atoms with Gasteiger partial charge in [0.15, 0.2) is 0 Å². The molecule has 1 aliphatic rings. The minimum atomic E-state index is -0.551. The molecule has 1 nitrogen and oxygen atoms in total. The largest absolute Gasteiger partial charge is 0.300 e. The van der Waals surface area contributed by atoms with Crippen LogP contribution in [0.15, 0.2) is 48.5 Å². The average Bonchev–Trinajstić information content (AvgIpc) is 2.89. The van der Waals surface area contributed by atoms with Gasteiger partial charge in [-0.25, -0.2) is 8.78 Å². The molecule has 1 aliphatic heterocycles. The maximum atomic E-state index is 13.9. The number of hydrogen-bond donors (Lipinski definition) is 0. The van der Waals surface area contributed by atoms with Crippen molar-refractivity contribution >= 4 is 5.57 Å². The molecule has 0 atom stereocenters. The van der Waals surface area contributed by atoms with E-state index < -0.39 is 11.6 Å². The zero-order valence-corrected chi connectivity index (χ0v) is 14.8. The Balaban J connectivity index is 1.69. The van der Waals surface area contributed by atoms with Crippen LogP contribution < -0.4 is 0 Å². The van der Waals surface area contributed by atoms with Gasteiger partial charge in [-0.2, -0.15) is 0 Å². The van der Waals surface area contributed by atoms with E-state index in [4.69, 9.17) is 0 Å². The van der Waals surface area contributed by atoms with Crippen molar-refractivity contribution in [3.05, 3.63) is 65.7 Å². The number of halogens is 2. The molecular formula is C22H25F2N. The topological polar surface area (TPSA) is 3.24 Å². The molecule has 0 aliphatic carbocycles. The van der Waals surface area contributed by atoms with Crippen LogP contribution in [0.2, 0.25) is 0 Å². The summed E-state index contributed by atoms with van der Waals surface area (Å²) in [4.78, 5) is 2.51. The summed E-state index contributed by atoms with van der Waals surface area (Å²) in [5.41, 5.74) is 3.57. The normalized spacial score (nSPS) is 16.7. The summed E-state index contributed by atoms with van der Waals surface area (Å²) in [5.74, 6) is -1.08. The maximum absolute atomic E-state index is 13.9. The van der Waals surface area contributed by atoms with Gasteiger partial charge in [0.2, 0.25) is 0 Å². The van der Waals surface area contributed by atoms with Crippen molar-refractivity contribution in [2.45, 2.75) is 32.6 Å². The Morgan fingerprint density at radius 3 is 2.28 bits per heavy atom. The van der Waals surface area contributed by atoms with E-state index in [2.05, 4.69) is 17.9 Å². The lowest BCUT2D eigenvalue weighted by Gasteiger charge is -2.18. The molecular weight excluding hydrogens is 316 g/mol. The Morgan fingerprint density at radius 1 is 0.960 bits per heavy atom. The third-order valence-corrected chi connectivity index (χ3v) is 4.94. The first kappa shape index (κ1) is 17.8. The molecule has 3 heteroatoms. The van der Waals surface area contributed by atoms with Crippen LogP contribution in [0, 0.1) is 11.6 Å². The molecule has 2 aromatic carbocycles. The number of rotatable bonds is 4. The molecule has 2 aromatic rings. The molecule has 0 N–H and O–H groups in total. The Hall–Kier alpha value is -2.00. The molecule has 0 amide bonds. The lowest BCUT2D eigenvalue weighted by molar-refractivity contribution is 0.316. The van der Waals surface area contributed by atoms with E-state index in [1.54, 1.807) is 0 Å². The van der Waals surface area contributed by atoms with Gasteiger partial charge in [0.25, 0.3) is 0 Å². The monoisotopic (exact) mass is 341 g/mol. The van der Waals surface area contributed by atoms with Crippen molar-refractivity contribution in [3.63, 3.8) is 0 Å². The molecule has 0 unspecified atom stereocenters. The van der Waals surface area contributed by atoms with E-state index in [1.807, 2.05) is 24.3 Å². The van der Waals surface area contributed by atoms with Crippen molar-refractivity contribution in [2.24, 2.45) is 0 Å². The summed E-state index contributed by atoms with van der Waals surface area (Å²) in [6.07, 6.45) is 7.57. The van der Waals surface area contributed by atoms with E-state index >= 15 is 0 Å². The first-order valence-electron chi connectivity index (χ1n) is 9.08. The predicted octanol–water partition coefficient (Wildman–Crippen LogP) is 5.91. The fourth-order valence-corrected chi connectivity index (χ4v) is 3.34. The number of allylic oxidation sites excluding steroid dienone is 1. The highest BCUT2D eigenvalue weighted by molar-refractivity contribution is 5.70. The maximum Gasteiger partial charge on any atom is 0.133 e. The van der Waals surface area contributed by atoms with Gasteiger partial charge >= 0.3 is 0 Å². The van der Waals surface area contributed by atoms with Gasteiger partial charge < -0.3 is 0 Å². The third kappa shape index (κ3) is 4.76. The van der Waals surface area contributed by atoms with Gasteiger partial charge in [0.05, 0.1) is 0 Å². The Bertz CT molecular complexity index is 726. The van der Waals surface area contributed by atoms with Crippen molar-refractivity contribution in [2.75, 3.05) is 19.6 Å². The number of hydrogen-bond acceptors (Lipinski definition) is 1. The second kappa shape index (κ2) is 8.39. The molecule has 3 rings (SSSR count). The van der Waals surface area contributed by atoms with Crippen molar-refractivity contribution < 1.29 is 8.78 Å². The van der Waals surface area contributed by atoms with Crippen LogP contribution >= 0.6 is 0 Å². The SMILES string of the molecule is CC(=CCN1CCCCCC1)c1ccc(-c2ccc(F)cc2F)cc1. The molecule has 0 spiro atoms. The lowest BCUT2D eigenvalue weighted by Crippen LogP contribution is -2.24. The number of likely N-dealkylation sites (tertiary alicyclic amines) is 1. The summed E-state index contributed by atoms with van der Waals surface area (Å²) in [5, 5.41) is 0. The van der Waals surface area contributed by atoms with Crippen LogP contribution in [0.1, 0.15) is 38.2 Å². The summed E-state index contributed by atoms with van der Waals surface area (Å²) >= 11 is 0. The van der Waals surface area contributed by atoms with Crippen LogP contribution in [-0.2, 0) is 0 Å². The summed E-state index contributed by atoms with van der Waals surface area (Å²) < 4.78 is 26.9. The smallest absolute Gasteiger partial charge is 0.133 e. The van der Waals surface area contributed by atoms with Gasteiger partial charge in [-0.1, -0.05) is 43.2 Å². The molecule has 132 valence electrons. The molecule has 1 heterocycles. The fraction of sp³-hybridized carbons (Fsp3) is 0.364. The third-order valence-electron chi connectivity index (χ3n) is 4.94. The number of benzene rings is 2. The fourth-order valence-electron chi connectivity index (χ4n) is 3.34. The van der Waals surface area contributed by atoms with Gasteiger partial charge in [0.1, 0.15) is 11.6 Å². The molecule has 0 radical (unpaired) electrons. The Morgan fingerprint density at radius 2 is 1.64 bits per heavy atom. The van der Waals surface area contributed by atoms with Gasteiger partial charge in [-0.3, -0.25) is 4.90 Å². The van der Waals surface area contributed by atoms with E-state index in [-0.39, 0.29) is 0 Å². The molecule has 25 heavy (non-hydrogen) atoms. The van der Waals surface area contributed by atoms with E-state index in [0.29, 0.717) is 5.56 Å². The van der Waals surface area contributed by atoms with Gasteiger partial charge in [0, 0.05) is 18.2 Å². The van der Waals surface area contributed by atoms with Crippen LogP contribution in [-0.4, -0.2) is 24.5 Å². The van der Waals surface area contributed by atoms with Crippen molar-refractivity contribution in [1.82, 2.24) is 4.90 Å². The van der Waals surface area contributed by atoms with Crippen molar-refractivity contribution in [1.29, 1.82) is 0 Å². The Kier molecular flexibility index (Phi) is 5.98. The minimum absolute atomic E-state index is 0.430. The minimum Gasteiger partial charge on any atom is -0.300 e. The van der Waals surface area contributed by atoms with E-state index in [9.17, 15) is 8.78 Å². The molecule has 0 saturated carbocycles. The Labute approximate surface area is 149 Å². The summed E-state index contributed by atoms with van der Waals surface area (Å²) in [7, 11) is 0. The predicted molar refractivity (Wildman–Crippen MR) is 100 cm³/mol. The molecule has 0 bridgehead atoms. The van der Waals surface area contributed by atoms with E-state index in [0.717, 1.165) is 23.7 Å². The van der Waals surface area contributed by atoms with E-state index in [1.165, 1.54) is 56.5 Å². The highest BCUT2D eigenvalue weighted by Gasteiger charge is 2.09. The highest BCUT2D eigenvalue weighted by atomic mass is 19.1. The van der Waals surface area contributed by atoms with Crippen LogP contribution in [0.4, 0.5) is 8.78 Å². The number of nitrogens with zero attached hydrogens (tertiary/aromatic N) is 1. The second-order valence-electron chi connectivity index (χ2n) is 6.80. The zero-order chi connectivity index (χ0) is 17.6. The average molecular weight is 341 g/mol. The second-order valence-corrected chi connectivity index (χ2v) is 6.80.